The third-order valence-corrected chi connectivity index (χ3v) is 5.59. The lowest BCUT2D eigenvalue weighted by Gasteiger charge is -2.42. The average Bonchev–Trinajstić information content (AvgIpc) is 2.46. The van der Waals surface area contributed by atoms with Gasteiger partial charge in [0.2, 0.25) is 5.91 Å². The van der Waals surface area contributed by atoms with Crippen LogP contribution in [-0.2, 0) is 4.79 Å². The van der Waals surface area contributed by atoms with E-state index < -0.39 is 0 Å². The van der Waals surface area contributed by atoms with Crippen LogP contribution in [0.4, 0.5) is 0 Å². The first kappa shape index (κ1) is 14.3. The van der Waals surface area contributed by atoms with Crippen LogP contribution < -0.4 is 5.32 Å². The number of nitrogens with zero attached hydrogens (tertiary/aromatic N) is 2. The van der Waals surface area contributed by atoms with Gasteiger partial charge in [-0.25, -0.2) is 0 Å². The maximum atomic E-state index is 12.5. The fourth-order valence-corrected chi connectivity index (χ4v) is 3.89. The van der Waals surface area contributed by atoms with Gasteiger partial charge < -0.3 is 15.1 Å². The van der Waals surface area contributed by atoms with Crippen LogP contribution >= 0.6 is 0 Å². The molecule has 1 amide bonds. The van der Waals surface area contributed by atoms with E-state index in [4.69, 9.17) is 0 Å². The van der Waals surface area contributed by atoms with Crippen molar-refractivity contribution in [3.05, 3.63) is 0 Å². The Morgan fingerprint density at radius 2 is 1.70 bits per heavy atom. The molecular weight excluding hydrogens is 250 g/mol. The van der Waals surface area contributed by atoms with Gasteiger partial charge in [0.1, 0.15) is 0 Å². The van der Waals surface area contributed by atoms with Crippen molar-refractivity contribution < 1.29 is 4.79 Å². The molecule has 4 nitrogen and oxygen atoms in total. The Hall–Kier alpha value is -0.610. The minimum Gasteiger partial charge on any atom is -0.342 e. The predicted octanol–water partition coefficient (Wildman–Crippen LogP) is 1.32. The molecule has 0 aromatic carbocycles. The van der Waals surface area contributed by atoms with Crippen molar-refractivity contribution >= 4 is 5.91 Å². The van der Waals surface area contributed by atoms with E-state index >= 15 is 0 Å². The van der Waals surface area contributed by atoms with E-state index in [0.717, 1.165) is 32.2 Å². The average molecular weight is 279 g/mol. The van der Waals surface area contributed by atoms with E-state index in [1.807, 2.05) is 0 Å². The fraction of sp³-hybridized carbons (Fsp3) is 0.938. The van der Waals surface area contributed by atoms with Gasteiger partial charge in [0.15, 0.2) is 0 Å². The Morgan fingerprint density at radius 1 is 1.05 bits per heavy atom. The van der Waals surface area contributed by atoms with E-state index in [2.05, 4.69) is 22.0 Å². The maximum absolute atomic E-state index is 12.5. The summed E-state index contributed by atoms with van der Waals surface area (Å²) in [6.07, 6.45) is 6.50. The summed E-state index contributed by atoms with van der Waals surface area (Å²) in [5.74, 6) is 1.18. The van der Waals surface area contributed by atoms with Crippen molar-refractivity contribution in [1.82, 2.24) is 15.1 Å². The monoisotopic (exact) mass is 279 g/mol. The minimum absolute atomic E-state index is 0.211. The van der Waals surface area contributed by atoms with E-state index in [1.54, 1.807) is 0 Å². The molecule has 0 aliphatic carbocycles. The van der Waals surface area contributed by atoms with Crippen molar-refractivity contribution in [2.24, 2.45) is 11.8 Å². The molecule has 1 unspecified atom stereocenters. The van der Waals surface area contributed by atoms with Gasteiger partial charge in [-0.15, -0.1) is 0 Å². The zero-order valence-electron chi connectivity index (χ0n) is 12.8. The number of hydrogen-bond donors (Lipinski definition) is 1. The second-order valence-corrected chi connectivity index (χ2v) is 6.86. The number of amides is 1. The van der Waals surface area contributed by atoms with Gasteiger partial charge in [0, 0.05) is 25.0 Å². The van der Waals surface area contributed by atoms with Crippen molar-refractivity contribution in [2.75, 3.05) is 39.3 Å². The third kappa shape index (κ3) is 3.01. The van der Waals surface area contributed by atoms with Crippen molar-refractivity contribution in [3.8, 4) is 0 Å². The highest BCUT2D eigenvalue weighted by Crippen LogP contribution is 2.24. The number of carbonyl (C=O) groups is 1. The zero-order valence-corrected chi connectivity index (χ0v) is 12.8. The summed E-state index contributed by atoms with van der Waals surface area (Å²) in [6, 6.07) is 0.736. The molecule has 0 saturated carbocycles. The molecule has 20 heavy (non-hydrogen) atoms. The van der Waals surface area contributed by atoms with E-state index in [1.165, 1.54) is 45.2 Å². The standard InChI is InChI=1S/C16H29N3O/c1-13(14-11-17-12-14)16(20)19-9-5-15(6-10-19)18-7-3-2-4-8-18/h13-15,17H,2-12H2,1H3. The number of likely N-dealkylation sites (tertiary alicyclic amines) is 2. The largest absolute Gasteiger partial charge is 0.342 e. The van der Waals surface area contributed by atoms with Gasteiger partial charge in [0.05, 0.1) is 0 Å². The molecule has 3 rings (SSSR count). The maximum Gasteiger partial charge on any atom is 0.225 e. The SMILES string of the molecule is CC(C(=O)N1CCC(N2CCCCC2)CC1)C1CNC1. The van der Waals surface area contributed by atoms with E-state index in [-0.39, 0.29) is 5.92 Å². The van der Waals surface area contributed by atoms with Gasteiger partial charge >= 0.3 is 0 Å². The normalized spacial score (nSPS) is 28.1. The summed E-state index contributed by atoms with van der Waals surface area (Å²) in [6.45, 7) is 8.68. The molecule has 1 atom stereocenters. The van der Waals surface area contributed by atoms with Gasteiger partial charge in [-0.05, 0) is 57.8 Å². The quantitative estimate of drug-likeness (QED) is 0.846. The van der Waals surface area contributed by atoms with Gasteiger partial charge in [-0.1, -0.05) is 13.3 Å². The van der Waals surface area contributed by atoms with Crippen LogP contribution in [0, 0.1) is 11.8 Å². The van der Waals surface area contributed by atoms with E-state index in [0.29, 0.717) is 11.8 Å². The number of rotatable bonds is 3. The molecule has 3 aliphatic rings. The molecule has 3 fully saturated rings. The fourth-order valence-electron chi connectivity index (χ4n) is 3.89. The zero-order chi connectivity index (χ0) is 13.9. The smallest absolute Gasteiger partial charge is 0.225 e. The van der Waals surface area contributed by atoms with Crippen LogP contribution in [0.2, 0.25) is 0 Å². The molecule has 4 heteroatoms. The Bertz CT molecular complexity index is 329. The first-order valence-electron chi connectivity index (χ1n) is 8.49. The Balaban J connectivity index is 1.46. The highest BCUT2D eigenvalue weighted by Gasteiger charge is 2.34. The minimum atomic E-state index is 0.211. The number of hydrogen-bond acceptors (Lipinski definition) is 3. The van der Waals surface area contributed by atoms with Crippen LogP contribution in [0.15, 0.2) is 0 Å². The second kappa shape index (κ2) is 6.44. The lowest BCUT2D eigenvalue weighted by molar-refractivity contribution is -0.139. The van der Waals surface area contributed by atoms with E-state index in [9.17, 15) is 4.79 Å². The van der Waals surface area contributed by atoms with Crippen molar-refractivity contribution in [3.63, 3.8) is 0 Å². The molecule has 1 N–H and O–H groups in total. The van der Waals surface area contributed by atoms with Crippen LogP contribution in [0.5, 0.6) is 0 Å². The van der Waals surface area contributed by atoms with Gasteiger partial charge in [-0.2, -0.15) is 0 Å². The van der Waals surface area contributed by atoms with Gasteiger partial charge in [0.25, 0.3) is 0 Å². The summed E-state index contributed by atoms with van der Waals surface area (Å²) in [5.41, 5.74) is 0. The molecule has 0 aromatic rings. The van der Waals surface area contributed by atoms with Crippen LogP contribution in [-0.4, -0.2) is 61.0 Å². The highest BCUT2D eigenvalue weighted by atomic mass is 16.2. The second-order valence-electron chi connectivity index (χ2n) is 6.86. The topological polar surface area (TPSA) is 35.6 Å². The van der Waals surface area contributed by atoms with Crippen molar-refractivity contribution in [2.45, 2.75) is 45.1 Å². The highest BCUT2D eigenvalue weighted by molar-refractivity contribution is 5.79. The lowest BCUT2D eigenvalue weighted by atomic mass is 9.87. The summed E-state index contributed by atoms with van der Waals surface area (Å²) in [4.78, 5) is 17.3. The molecule has 0 bridgehead atoms. The number of piperidine rings is 2. The molecule has 0 aromatic heterocycles. The van der Waals surface area contributed by atoms with Crippen molar-refractivity contribution in [1.29, 1.82) is 0 Å². The molecule has 3 aliphatic heterocycles. The first-order valence-corrected chi connectivity index (χ1v) is 8.49. The number of carbonyl (C=O) groups excluding carboxylic acids is 1. The van der Waals surface area contributed by atoms with Crippen LogP contribution in [0.25, 0.3) is 0 Å². The lowest BCUT2D eigenvalue weighted by Crippen LogP contribution is -2.53. The molecule has 0 radical (unpaired) electrons. The molecule has 114 valence electrons. The first-order chi connectivity index (χ1) is 9.75. The summed E-state index contributed by atoms with van der Waals surface area (Å²) >= 11 is 0. The third-order valence-electron chi connectivity index (χ3n) is 5.59. The Labute approximate surface area is 122 Å². The summed E-state index contributed by atoms with van der Waals surface area (Å²) in [5, 5.41) is 3.27. The Kier molecular flexibility index (Phi) is 4.61. The Morgan fingerprint density at radius 3 is 2.25 bits per heavy atom. The summed E-state index contributed by atoms with van der Waals surface area (Å²) in [7, 11) is 0. The number of nitrogens with one attached hydrogen (secondary N) is 1. The molecule has 3 saturated heterocycles. The molecular formula is C16H29N3O. The summed E-state index contributed by atoms with van der Waals surface area (Å²) < 4.78 is 0. The predicted molar refractivity (Wildman–Crippen MR) is 80.5 cm³/mol. The molecule has 3 heterocycles. The molecule has 0 spiro atoms. The van der Waals surface area contributed by atoms with Crippen LogP contribution in [0.3, 0.4) is 0 Å². The van der Waals surface area contributed by atoms with Crippen LogP contribution in [0.1, 0.15) is 39.0 Å². The van der Waals surface area contributed by atoms with Gasteiger partial charge in [-0.3, -0.25) is 4.79 Å².